The first-order valence-electron chi connectivity index (χ1n) is 6.09. The Morgan fingerprint density at radius 3 is 2.14 bits per heavy atom. The van der Waals surface area contributed by atoms with Crippen LogP contribution in [0.15, 0.2) is 53.6 Å². The van der Waals surface area contributed by atoms with Gasteiger partial charge in [-0.05, 0) is 54.1 Å². The van der Waals surface area contributed by atoms with Crippen LogP contribution < -0.4 is 10.2 Å². The highest BCUT2D eigenvalue weighted by molar-refractivity contribution is 5.80. The van der Waals surface area contributed by atoms with Crippen molar-refractivity contribution in [2.75, 3.05) is 12.5 Å². The lowest BCUT2D eigenvalue weighted by Crippen LogP contribution is -2.04. The van der Waals surface area contributed by atoms with Gasteiger partial charge in [-0.1, -0.05) is 0 Å². The molecule has 0 aliphatic heterocycles. The Morgan fingerprint density at radius 2 is 1.62 bits per heavy atom. The van der Waals surface area contributed by atoms with Crippen LogP contribution in [0.4, 0.5) is 18.9 Å². The summed E-state index contributed by atoms with van der Waals surface area (Å²) in [7, 11) is 1.58. The summed E-state index contributed by atoms with van der Waals surface area (Å²) in [6, 6.07) is 11.9. The second-order valence-corrected chi connectivity index (χ2v) is 4.22. The van der Waals surface area contributed by atoms with Crippen molar-refractivity contribution < 1.29 is 17.9 Å². The monoisotopic (exact) mass is 294 g/mol. The van der Waals surface area contributed by atoms with Crippen LogP contribution in [0.2, 0.25) is 0 Å². The lowest BCUT2D eigenvalue weighted by Gasteiger charge is -2.07. The fourth-order valence-corrected chi connectivity index (χ4v) is 1.61. The molecule has 0 aliphatic rings. The van der Waals surface area contributed by atoms with E-state index in [-0.39, 0.29) is 0 Å². The molecule has 0 atom stereocenters. The number of halogens is 3. The summed E-state index contributed by atoms with van der Waals surface area (Å²) in [5.74, 6) is 0.739. The van der Waals surface area contributed by atoms with Crippen molar-refractivity contribution in [1.29, 1.82) is 0 Å². The molecule has 0 spiro atoms. The minimum atomic E-state index is -4.33. The molecule has 21 heavy (non-hydrogen) atoms. The number of nitrogens with zero attached hydrogens (tertiary/aromatic N) is 1. The number of ether oxygens (including phenoxy) is 1. The molecular weight excluding hydrogens is 281 g/mol. The van der Waals surface area contributed by atoms with Crippen molar-refractivity contribution in [3.05, 3.63) is 59.7 Å². The molecule has 2 aromatic rings. The molecule has 2 aromatic carbocycles. The molecule has 0 amide bonds. The maximum Gasteiger partial charge on any atom is 0.416 e. The van der Waals surface area contributed by atoms with Crippen LogP contribution in [0.5, 0.6) is 5.75 Å². The van der Waals surface area contributed by atoms with Crippen LogP contribution in [0.25, 0.3) is 0 Å². The molecule has 1 N–H and O–H groups in total. The molecule has 0 aromatic heterocycles. The summed E-state index contributed by atoms with van der Waals surface area (Å²) in [5, 5.41) is 3.96. The summed E-state index contributed by atoms with van der Waals surface area (Å²) < 4.78 is 42.2. The fourth-order valence-electron chi connectivity index (χ4n) is 1.61. The smallest absolute Gasteiger partial charge is 0.416 e. The number of benzene rings is 2. The number of anilines is 1. The molecule has 110 valence electrons. The van der Waals surface area contributed by atoms with Crippen LogP contribution in [-0.2, 0) is 6.18 Å². The highest BCUT2D eigenvalue weighted by Gasteiger charge is 2.29. The number of alkyl halides is 3. The van der Waals surface area contributed by atoms with Gasteiger partial charge >= 0.3 is 6.18 Å². The Kier molecular flexibility index (Phi) is 4.47. The van der Waals surface area contributed by atoms with Gasteiger partial charge in [0.1, 0.15) is 5.75 Å². The quantitative estimate of drug-likeness (QED) is 0.678. The van der Waals surface area contributed by atoms with E-state index in [0.717, 1.165) is 23.4 Å². The second-order valence-electron chi connectivity index (χ2n) is 4.22. The van der Waals surface area contributed by atoms with Gasteiger partial charge in [-0.2, -0.15) is 18.3 Å². The zero-order chi connectivity index (χ0) is 15.3. The average molecular weight is 294 g/mol. The Balaban J connectivity index is 1.97. The van der Waals surface area contributed by atoms with Crippen LogP contribution in [0.3, 0.4) is 0 Å². The van der Waals surface area contributed by atoms with E-state index in [1.807, 2.05) is 12.1 Å². The first kappa shape index (κ1) is 14.9. The molecule has 0 saturated carbocycles. The summed E-state index contributed by atoms with van der Waals surface area (Å²) in [5.41, 5.74) is 3.31. The maximum atomic E-state index is 12.4. The average Bonchev–Trinajstić information content (AvgIpc) is 2.47. The number of methoxy groups -OCH3 is 1. The van der Waals surface area contributed by atoms with Crippen molar-refractivity contribution in [2.24, 2.45) is 5.10 Å². The topological polar surface area (TPSA) is 33.6 Å². The molecule has 6 heteroatoms. The first-order valence-corrected chi connectivity index (χ1v) is 6.09. The maximum absolute atomic E-state index is 12.4. The van der Waals surface area contributed by atoms with Crippen LogP contribution in [0.1, 0.15) is 11.1 Å². The molecule has 0 bridgehead atoms. The number of rotatable bonds is 4. The Bertz CT molecular complexity index is 604. The first-order chi connectivity index (χ1) is 9.99. The molecule has 0 heterocycles. The van der Waals surface area contributed by atoms with E-state index in [1.165, 1.54) is 12.1 Å². The molecule has 3 nitrogen and oxygen atoms in total. The zero-order valence-electron chi connectivity index (χ0n) is 11.2. The van der Waals surface area contributed by atoms with E-state index >= 15 is 0 Å². The fraction of sp³-hybridized carbons (Fsp3) is 0.133. The van der Waals surface area contributed by atoms with Gasteiger partial charge in [0.15, 0.2) is 0 Å². The van der Waals surface area contributed by atoms with Gasteiger partial charge in [0.05, 0.1) is 24.6 Å². The van der Waals surface area contributed by atoms with Crippen molar-refractivity contribution in [1.82, 2.24) is 0 Å². The van der Waals surface area contributed by atoms with Gasteiger partial charge in [0.2, 0.25) is 0 Å². The van der Waals surface area contributed by atoms with Gasteiger partial charge in [0.25, 0.3) is 0 Å². The second kappa shape index (κ2) is 6.30. The van der Waals surface area contributed by atoms with Crippen LogP contribution in [-0.4, -0.2) is 13.3 Å². The third kappa shape index (κ3) is 4.24. The van der Waals surface area contributed by atoms with Crippen LogP contribution >= 0.6 is 0 Å². The summed E-state index contributed by atoms with van der Waals surface area (Å²) in [4.78, 5) is 0. The third-order valence-electron chi connectivity index (χ3n) is 2.74. The lowest BCUT2D eigenvalue weighted by molar-refractivity contribution is -0.137. The minimum Gasteiger partial charge on any atom is -0.497 e. The normalized spacial score (nSPS) is 11.6. The van der Waals surface area contributed by atoms with E-state index in [9.17, 15) is 13.2 Å². The Morgan fingerprint density at radius 1 is 1.00 bits per heavy atom. The molecular formula is C15H13F3N2O. The summed E-state index contributed by atoms with van der Waals surface area (Å²) in [6.45, 7) is 0. The van der Waals surface area contributed by atoms with Gasteiger partial charge in [-0.15, -0.1) is 0 Å². The predicted octanol–water partition coefficient (Wildman–Crippen LogP) is 4.16. The van der Waals surface area contributed by atoms with E-state index < -0.39 is 11.7 Å². The highest BCUT2D eigenvalue weighted by atomic mass is 19.4. The van der Waals surface area contributed by atoms with E-state index in [2.05, 4.69) is 10.5 Å². The molecule has 2 rings (SSSR count). The highest BCUT2D eigenvalue weighted by Crippen LogP contribution is 2.29. The number of nitrogens with one attached hydrogen (secondary N) is 1. The molecule has 0 saturated heterocycles. The zero-order valence-corrected chi connectivity index (χ0v) is 11.2. The molecule has 0 unspecified atom stereocenters. The Labute approximate surface area is 120 Å². The largest absolute Gasteiger partial charge is 0.497 e. The van der Waals surface area contributed by atoms with Crippen molar-refractivity contribution in [2.45, 2.75) is 6.18 Å². The SMILES string of the molecule is COc1ccc(/C=N/Nc2ccc(C(F)(F)F)cc2)cc1. The number of hydrogen-bond acceptors (Lipinski definition) is 3. The number of hydrogen-bond donors (Lipinski definition) is 1. The Hall–Kier alpha value is -2.50. The van der Waals surface area contributed by atoms with Gasteiger partial charge in [-0.3, -0.25) is 5.43 Å². The van der Waals surface area contributed by atoms with Crippen LogP contribution in [0, 0.1) is 0 Å². The van der Waals surface area contributed by atoms with Gasteiger partial charge in [-0.25, -0.2) is 0 Å². The lowest BCUT2D eigenvalue weighted by atomic mass is 10.2. The van der Waals surface area contributed by atoms with Gasteiger partial charge < -0.3 is 4.74 Å². The van der Waals surface area contributed by atoms with Gasteiger partial charge in [0, 0.05) is 0 Å². The van der Waals surface area contributed by atoms with E-state index in [1.54, 1.807) is 25.5 Å². The molecule has 0 radical (unpaired) electrons. The van der Waals surface area contributed by atoms with E-state index in [0.29, 0.717) is 5.69 Å². The van der Waals surface area contributed by atoms with Crippen molar-refractivity contribution in [3.8, 4) is 5.75 Å². The standard InChI is InChI=1S/C15H13F3N2O/c1-21-14-8-2-11(3-9-14)10-19-20-13-6-4-12(5-7-13)15(16,17)18/h2-10,20H,1H3/b19-10+. The summed E-state index contributed by atoms with van der Waals surface area (Å²) >= 11 is 0. The minimum absolute atomic E-state index is 0.479. The molecule has 0 fully saturated rings. The molecule has 0 aliphatic carbocycles. The van der Waals surface area contributed by atoms with Crippen molar-refractivity contribution in [3.63, 3.8) is 0 Å². The van der Waals surface area contributed by atoms with Crippen molar-refractivity contribution >= 4 is 11.9 Å². The van der Waals surface area contributed by atoms with E-state index in [4.69, 9.17) is 4.74 Å². The third-order valence-corrected chi connectivity index (χ3v) is 2.74. The number of hydrazone groups is 1. The summed E-state index contributed by atoms with van der Waals surface area (Å²) in [6.07, 6.45) is -2.76. The predicted molar refractivity (Wildman–Crippen MR) is 75.7 cm³/mol.